The zero-order chi connectivity index (χ0) is 24.3. The first kappa shape index (κ1) is 30.6. The van der Waals surface area contributed by atoms with Crippen molar-refractivity contribution in [3.8, 4) is 0 Å². The molecule has 2 aromatic carbocycles. The number of thiazole rings is 2. The summed E-state index contributed by atoms with van der Waals surface area (Å²) in [7, 11) is 3.91. The van der Waals surface area contributed by atoms with Gasteiger partial charge in [-0.25, -0.2) is 9.13 Å². The second kappa shape index (κ2) is 16.3. The summed E-state index contributed by atoms with van der Waals surface area (Å²) in [5.41, 5.74) is 3.69. The molecule has 13 heteroatoms. The topological polar surface area (TPSA) is 90.5 Å². The number of benzene rings is 2. The average molecular weight is 668 g/mol. The van der Waals surface area contributed by atoms with E-state index in [0.717, 1.165) is 46.1 Å². The van der Waals surface area contributed by atoms with Crippen LogP contribution >= 0.6 is 22.7 Å². The SMILES string of the molecule is C[n+]1ccsc1N=Nc1ccc(NCCOCCNc2ccc(N=Nc3scc[n+]3C)cc2)cc1.[Br-].[Br-]. The molecule has 4 rings (SSSR count). The molecule has 0 unspecified atom stereocenters. The van der Waals surface area contributed by atoms with E-state index in [0.29, 0.717) is 13.2 Å². The summed E-state index contributed by atoms with van der Waals surface area (Å²) in [6.07, 6.45) is 3.92. The van der Waals surface area contributed by atoms with Gasteiger partial charge in [-0.15, -0.1) is 0 Å². The van der Waals surface area contributed by atoms with Crippen LogP contribution in [0.15, 0.2) is 92.1 Å². The zero-order valence-corrected chi connectivity index (χ0v) is 25.2. The number of nitrogens with one attached hydrogen (secondary N) is 2. The standard InChI is InChI=1S/C24H26N8OS2.2BrH/c1-31-13-17-34-23(31)29-27-21-7-3-19(4-8-21)25-11-15-33-16-12-26-20-5-9-22(10-6-20)28-30-24-32(2)14-18-35-24;;/h3-10,13-14,17-18H,11-12,15-16H2,1-2H3;2*1H. The fourth-order valence-electron chi connectivity index (χ4n) is 2.98. The molecule has 2 heterocycles. The highest BCUT2D eigenvalue weighted by Crippen LogP contribution is 2.21. The van der Waals surface area contributed by atoms with Gasteiger partial charge in [0.25, 0.3) is 0 Å². The third kappa shape index (κ3) is 10.0. The van der Waals surface area contributed by atoms with Crippen molar-refractivity contribution >= 4 is 55.7 Å². The Labute approximate surface area is 245 Å². The van der Waals surface area contributed by atoms with Gasteiger partial charge in [0.2, 0.25) is 0 Å². The van der Waals surface area contributed by atoms with Gasteiger partial charge in [0.15, 0.2) is 0 Å². The molecule has 0 aliphatic rings. The molecule has 2 aromatic heterocycles. The quantitative estimate of drug-likeness (QED) is 0.125. The van der Waals surface area contributed by atoms with Crippen molar-refractivity contribution in [2.24, 2.45) is 34.6 Å². The fraction of sp³-hybridized carbons (Fsp3) is 0.250. The van der Waals surface area contributed by atoms with Gasteiger partial charge in [0.05, 0.1) is 37.5 Å². The van der Waals surface area contributed by atoms with Gasteiger partial charge in [0.1, 0.15) is 23.8 Å². The maximum absolute atomic E-state index is 5.71. The summed E-state index contributed by atoms with van der Waals surface area (Å²) >= 11 is 3.11. The lowest BCUT2D eigenvalue weighted by atomic mass is 10.3. The smallest absolute Gasteiger partial charge is 0.408 e. The van der Waals surface area contributed by atoms with E-state index in [-0.39, 0.29) is 34.0 Å². The van der Waals surface area contributed by atoms with Crippen LogP contribution < -0.4 is 53.7 Å². The van der Waals surface area contributed by atoms with Gasteiger partial charge in [-0.3, -0.25) is 0 Å². The van der Waals surface area contributed by atoms with Gasteiger partial charge in [-0.05, 0) is 81.4 Å². The Hall–Kier alpha value is -2.58. The highest BCUT2D eigenvalue weighted by atomic mass is 79.9. The lowest BCUT2D eigenvalue weighted by Crippen LogP contribution is -3.00. The molecule has 196 valence electrons. The number of aromatic nitrogens is 2. The number of azo groups is 2. The summed E-state index contributed by atoms with van der Waals surface area (Å²) in [5, 5.41) is 29.5. The molecule has 0 aliphatic heterocycles. The molecule has 0 saturated carbocycles. The second-order valence-corrected chi connectivity index (χ2v) is 9.30. The Kier molecular flexibility index (Phi) is 13.5. The molecular weight excluding hydrogens is 640 g/mol. The minimum absolute atomic E-state index is 0. The molecule has 4 aromatic rings. The van der Waals surface area contributed by atoms with Crippen molar-refractivity contribution in [2.45, 2.75) is 0 Å². The van der Waals surface area contributed by atoms with Crippen LogP contribution in [0.2, 0.25) is 0 Å². The van der Waals surface area contributed by atoms with Crippen LogP contribution in [-0.2, 0) is 18.8 Å². The summed E-state index contributed by atoms with van der Waals surface area (Å²) in [6.45, 7) is 2.70. The highest BCUT2D eigenvalue weighted by molar-refractivity contribution is 7.13. The third-order valence-corrected chi connectivity index (χ3v) is 6.58. The average Bonchev–Trinajstić information content (AvgIpc) is 3.49. The first-order chi connectivity index (χ1) is 17.2. The predicted molar refractivity (Wildman–Crippen MR) is 140 cm³/mol. The molecule has 0 spiro atoms. The van der Waals surface area contributed by atoms with E-state index < -0.39 is 0 Å². The Balaban J connectivity index is 0.00000241. The van der Waals surface area contributed by atoms with Crippen LogP contribution in [0.4, 0.5) is 33.0 Å². The molecule has 0 bridgehead atoms. The van der Waals surface area contributed by atoms with Crippen molar-refractivity contribution < 1.29 is 47.8 Å². The highest BCUT2D eigenvalue weighted by Gasteiger charge is 2.08. The van der Waals surface area contributed by atoms with Gasteiger partial charge in [-0.2, -0.15) is 0 Å². The van der Waals surface area contributed by atoms with Crippen molar-refractivity contribution in [3.63, 3.8) is 0 Å². The minimum Gasteiger partial charge on any atom is -1.00 e. The third-order valence-electron chi connectivity index (χ3n) is 4.91. The van der Waals surface area contributed by atoms with Crippen LogP contribution in [0.25, 0.3) is 0 Å². The number of ether oxygens (including phenoxy) is 1. The Morgan fingerprint density at radius 2 is 1.05 bits per heavy atom. The molecule has 0 saturated heterocycles. The normalized spacial score (nSPS) is 10.9. The van der Waals surface area contributed by atoms with Crippen molar-refractivity contribution in [3.05, 3.63) is 71.7 Å². The van der Waals surface area contributed by atoms with E-state index in [1.807, 2.05) is 94.9 Å². The van der Waals surface area contributed by atoms with Crippen LogP contribution in [0, 0.1) is 0 Å². The van der Waals surface area contributed by atoms with Crippen LogP contribution in [0.1, 0.15) is 0 Å². The van der Waals surface area contributed by atoms with Crippen LogP contribution in [-0.4, -0.2) is 26.3 Å². The molecule has 9 nitrogen and oxygen atoms in total. The molecule has 2 N–H and O–H groups in total. The van der Waals surface area contributed by atoms with E-state index in [2.05, 4.69) is 31.1 Å². The first-order valence-corrected chi connectivity index (χ1v) is 12.9. The Morgan fingerprint density at radius 3 is 1.41 bits per heavy atom. The van der Waals surface area contributed by atoms with E-state index in [4.69, 9.17) is 4.74 Å². The number of rotatable bonds is 12. The number of halogens is 2. The molecular formula is C24H28Br2N8OS2. The molecule has 0 radical (unpaired) electrons. The maximum Gasteiger partial charge on any atom is 0.408 e. The molecule has 0 atom stereocenters. The second-order valence-electron chi connectivity index (χ2n) is 7.55. The van der Waals surface area contributed by atoms with Gasteiger partial charge in [-0.1, -0.05) is 0 Å². The molecule has 0 aliphatic carbocycles. The van der Waals surface area contributed by atoms with Crippen LogP contribution in [0.3, 0.4) is 0 Å². The van der Waals surface area contributed by atoms with E-state index >= 15 is 0 Å². The summed E-state index contributed by atoms with van der Waals surface area (Å²) in [4.78, 5) is 0. The maximum atomic E-state index is 5.71. The number of hydrogen-bond donors (Lipinski definition) is 2. The Bertz CT molecular complexity index is 1160. The van der Waals surface area contributed by atoms with E-state index in [1.54, 1.807) is 22.7 Å². The van der Waals surface area contributed by atoms with Crippen molar-refractivity contribution in [1.29, 1.82) is 0 Å². The minimum atomic E-state index is 0. The molecule has 0 amide bonds. The van der Waals surface area contributed by atoms with Gasteiger partial charge in [0, 0.05) is 35.2 Å². The van der Waals surface area contributed by atoms with E-state index in [9.17, 15) is 0 Å². The summed E-state index contributed by atoms with van der Waals surface area (Å²) < 4.78 is 9.59. The summed E-state index contributed by atoms with van der Waals surface area (Å²) in [5.74, 6) is 0. The lowest BCUT2D eigenvalue weighted by molar-refractivity contribution is -0.654. The summed E-state index contributed by atoms with van der Waals surface area (Å²) in [6, 6.07) is 15.8. The Morgan fingerprint density at radius 1 is 0.649 bits per heavy atom. The number of anilines is 2. The number of aryl methyl sites for hydroxylation is 2. The largest absolute Gasteiger partial charge is 1.00 e. The molecule has 37 heavy (non-hydrogen) atoms. The first-order valence-electron chi connectivity index (χ1n) is 11.1. The van der Waals surface area contributed by atoms with E-state index in [1.165, 1.54) is 0 Å². The monoisotopic (exact) mass is 666 g/mol. The fourth-order valence-corrected chi connectivity index (χ4v) is 4.34. The number of nitrogens with zero attached hydrogens (tertiary/aromatic N) is 6. The predicted octanol–water partition coefficient (Wildman–Crippen LogP) is -0.162. The van der Waals surface area contributed by atoms with Gasteiger partial charge >= 0.3 is 10.3 Å². The van der Waals surface area contributed by atoms with Crippen molar-refractivity contribution in [1.82, 2.24) is 0 Å². The van der Waals surface area contributed by atoms with Crippen LogP contribution in [0.5, 0.6) is 0 Å². The lowest BCUT2D eigenvalue weighted by Gasteiger charge is -2.09. The molecule has 0 fully saturated rings. The van der Waals surface area contributed by atoms with Crippen molar-refractivity contribution in [2.75, 3.05) is 36.9 Å². The van der Waals surface area contributed by atoms with Gasteiger partial charge < -0.3 is 49.3 Å². The zero-order valence-electron chi connectivity index (χ0n) is 20.4. The number of hydrogen-bond acceptors (Lipinski definition) is 9.